The molecule has 20 heavy (non-hydrogen) atoms. The number of methoxy groups -OCH3 is 1. The summed E-state index contributed by atoms with van der Waals surface area (Å²) >= 11 is 0. The maximum absolute atomic E-state index is 5.42. The van der Waals surface area contributed by atoms with Crippen molar-refractivity contribution in [1.82, 2.24) is 15.0 Å². The first-order valence-electron chi connectivity index (χ1n) is 6.25. The predicted octanol–water partition coefficient (Wildman–Crippen LogP) is 3.20. The number of nitrogens with zero attached hydrogens (tertiary/aromatic N) is 3. The molecule has 0 fully saturated rings. The topological polar surface area (TPSA) is 47.9 Å². The van der Waals surface area contributed by atoms with E-state index in [9.17, 15) is 0 Å². The highest BCUT2D eigenvalue weighted by molar-refractivity contribution is 5.86. The van der Waals surface area contributed by atoms with Crippen LogP contribution in [0.5, 0.6) is 5.75 Å². The molecular weight excluding hydrogens is 250 g/mol. The van der Waals surface area contributed by atoms with Crippen LogP contribution in [0.3, 0.4) is 0 Å². The summed E-state index contributed by atoms with van der Waals surface area (Å²) in [5.41, 5.74) is 2.53. The van der Waals surface area contributed by atoms with E-state index < -0.39 is 0 Å². The van der Waals surface area contributed by atoms with Gasteiger partial charge < -0.3 is 4.74 Å². The number of fused-ring (bicyclic) bond motifs is 1. The SMILES string of the molecule is COc1cc(/C=C/c2cnccn2)nc2ccccc12. The molecule has 2 heterocycles. The van der Waals surface area contributed by atoms with Crippen LogP contribution in [0.1, 0.15) is 11.4 Å². The predicted molar refractivity (Wildman–Crippen MR) is 79.3 cm³/mol. The Morgan fingerprint density at radius 3 is 2.70 bits per heavy atom. The van der Waals surface area contributed by atoms with Gasteiger partial charge in [0.15, 0.2) is 0 Å². The molecule has 0 unspecified atom stereocenters. The van der Waals surface area contributed by atoms with E-state index in [0.717, 1.165) is 28.0 Å². The molecule has 0 radical (unpaired) electrons. The molecular formula is C16H13N3O. The third kappa shape index (κ3) is 2.49. The molecule has 4 heteroatoms. The maximum atomic E-state index is 5.42. The van der Waals surface area contributed by atoms with Crippen LogP contribution in [0, 0.1) is 0 Å². The Hall–Kier alpha value is -2.75. The number of aromatic nitrogens is 3. The molecule has 0 amide bonds. The number of ether oxygens (including phenoxy) is 1. The van der Waals surface area contributed by atoms with Crippen LogP contribution in [0.25, 0.3) is 23.1 Å². The molecule has 98 valence electrons. The second kappa shape index (κ2) is 5.48. The Labute approximate surface area is 116 Å². The molecule has 0 saturated carbocycles. The summed E-state index contributed by atoms with van der Waals surface area (Å²) in [5.74, 6) is 0.814. The Bertz CT molecular complexity index is 754. The Morgan fingerprint density at radius 2 is 1.90 bits per heavy atom. The summed E-state index contributed by atoms with van der Waals surface area (Å²) in [6.07, 6.45) is 8.79. The van der Waals surface area contributed by atoms with Crippen molar-refractivity contribution in [1.29, 1.82) is 0 Å². The molecule has 0 aliphatic rings. The van der Waals surface area contributed by atoms with Crippen LogP contribution < -0.4 is 4.74 Å². The zero-order valence-corrected chi connectivity index (χ0v) is 11.0. The van der Waals surface area contributed by atoms with Crippen LogP contribution in [0.15, 0.2) is 48.9 Å². The van der Waals surface area contributed by atoms with Crippen molar-refractivity contribution >= 4 is 23.1 Å². The van der Waals surface area contributed by atoms with Gasteiger partial charge in [0, 0.05) is 23.8 Å². The minimum Gasteiger partial charge on any atom is -0.496 e. The molecule has 3 aromatic rings. The van der Waals surface area contributed by atoms with Crippen LogP contribution in [-0.4, -0.2) is 22.1 Å². The summed E-state index contributed by atoms with van der Waals surface area (Å²) in [6.45, 7) is 0. The number of hydrogen-bond donors (Lipinski definition) is 0. The monoisotopic (exact) mass is 263 g/mol. The van der Waals surface area contributed by atoms with Gasteiger partial charge in [-0.3, -0.25) is 9.97 Å². The lowest BCUT2D eigenvalue weighted by molar-refractivity contribution is 0.419. The molecule has 0 bridgehead atoms. The van der Waals surface area contributed by atoms with E-state index in [1.165, 1.54) is 0 Å². The van der Waals surface area contributed by atoms with Gasteiger partial charge >= 0.3 is 0 Å². The second-order valence-corrected chi connectivity index (χ2v) is 4.23. The molecule has 0 aliphatic heterocycles. The zero-order valence-electron chi connectivity index (χ0n) is 11.0. The fraction of sp³-hybridized carbons (Fsp3) is 0.0625. The molecule has 0 N–H and O–H groups in total. The van der Waals surface area contributed by atoms with E-state index in [-0.39, 0.29) is 0 Å². The number of hydrogen-bond acceptors (Lipinski definition) is 4. The Balaban J connectivity index is 2.02. The number of benzene rings is 1. The van der Waals surface area contributed by atoms with Gasteiger partial charge in [0.1, 0.15) is 5.75 Å². The fourth-order valence-electron chi connectivity index (χ4n) is 1.98. The summed E-state index contributed by atoms with van der Waals surface area (Å²) < 4.78 is 5.42. The molecule has 4 nitrogen and oxygen atoms in total. The van der Waals surface area contributed by atoms with Gasteiger partial charge in [0.2, 0.25) is 0 Å². The Morgan fingerprint density at radius 1 is 1.05 bits per heavy atom. The quantitative estimate of drug-likeness (QED) is 0.728. The summed E-state index contributed by atoms with van der Waals surface area (Å²) in [4.78, 5) is 12.8. The van der Waals surface area contributed by atoms with Crippen molar-refractivity contribution in [3.8, 4) is 5.75 Å². The van der Waals surface area contributed by atoms with Crippen molar-refractivity contribution in [3.63, 3.8) is 0 Å². The van der Waals surface area contributed by atoms with Gasteiger partial charge in [0.05, 0.1) is 30.2 Å². The number of para-hydroxylation sites is 1. The minimum atomic E-state index is 0.793. The first-order valence-corrected chi connectivity index (χ1v) is 6.25. The van der Waals surface area contributed by atoms with E-state index in [4.69, 9.17) is 4.74 Å². The standard InChI is InChI=1S/C16H13N3O/c1-20-16-10-12(6-7-13-11-17-8-9-18-13)19-15-5-3-2-4-14(15)16/h2-11H,1H3/b7-6+. The lowest BCUT2D eigenvalue weighted by Gasteiger charge is -2.06. The summed E-state index contributed by atoms with van der Waals surface area (Å²) in [5, 5.41) is 1.01. The largest absolute Gasteiger partial charge is 0.496 e. The molecule has 0 atom stereocenters. The molecule has 3 rings (SSSR count). The van der Waals surface area contributed by atoms with Gasteiger partial charge in [-0.15, -0.1) is 0 Å². The molecule has 0 saturated heterocycles. The van der Waals surface area contributed by atoms with Gasteiger partial charge in [-0.2, -0.15) is 0 Å². The number of rotatable bonds is 3. The summed E-state index contributed by atoms with van der Waals surface area (Å²) in [7, 11) is 1.66. The first kappa shape index (κ1) is 12.3. The van der Waals surface area contributed by atoms with Gasteiger partial charge in [0.25, 0.3) is 0 Å². The molecule has 2 aromatic heterocycles. The Kier molecular flexibility index (Phi) is 3.37. The first-order chi connectivity index (χ1) is 9.86. The highest BCUT2D eigenvalue weighted by Gasteiger charge is 2.03. The fourth-order valence-corrected chi connectivity index (χ4v) is 1.98. The van der Waals surface area contributed by atoms with Crippen molar-refractivity contribution in [2.75, 3.05) is 7.11 Å². The smallest absolute Gasteiger partial charge is 0.130 e. The van der Waals surface area contributed by atoms with Crippen molar-refractivity contribution < 1.29 is 4.74 Å². The average molecular weight is 263 g/mol. The minimum absolute atomic E-state index is 0.793. The van der Waals surface area contributed by atoms with Crippen molar-refractivity contribution in [2.24, 2.45) is 0 Å². The molecule has 0 spiro atoms. The third-order valence-electron chi connectivity index (χ3n) is 2.93. The molecule has 1 aromatic carbocycles. The van der Waals surface area contributed by atoms with Gasteiger partial charge in [-0.1, -0.05) is 12.1 Å². The van der Waals surface area contributed by atoms with Gasteiger partial charge in [-0.05, 0) is 24.3 Å². The van der Waals surface area contributed by atoms with Gasteiger partial charge in [-0.25, -0.2) is 4.98 Å². The normalized spacial score (nSPS) is 11.1. The second-order valence-electron chi connectivity index (χ2n) is 4.23. The van der Waals surface area contributed by atoms with E-state index in [2.05, 4.69) is 15.0 Å². The average Bonchev–Trinajstić information content (AvgIpc) is 2.53. The number of pyridine rings is 1. The van der Waals surface area contributed by atoms with E-state index in [1.54, 1.807) is 25.7 Å². The zero-order chi connectivity index (χ0) is 13.8. The third-order valence-corrected chi connectivity index (χ3v) is 2.93. The highest BCUT2D eigenvalue weighted by atomic mass is 16.5. The summed E-state index contributed by atoms with van der Waals surface area (Å²) in [6, 6.07) is 9.82. The van der Waals surface area contributed by atoms with E-state index in [1.807, 2.05) is 42.5 Å². The van der Waals surface area contributed by atoms with E-state index in [0.29, 0.717) is 0 Å². The van der Waals surface area contributed by atoms with Crippen molar-refractivity contribution in [3.05, 3.63) is 60.3 Å². The molecule has 0 aliphatic carbocycles. The van der Waals surface area contributed by atoms with Crippen LogP contribution >= 0.6 is 0 Å². The lowest BCUT2D eigenvalue weighted by atomic mass is 10.1. The van der Waals surface area contributed by atoms with Crippen LogP contribution in [0.4, 0.5) is 0 Å². The maximum Gasteiger partial charge on any atom is 0.130 e. The lowest BCUT2D eigenvalue weighted by Crippen LogP contribution is -1.90. The highest BCUT2D eigenvalue weighted by Crippen LogP contribution is 2.25. The van der Waals surface area contributed by atoms with Crippen LogP contribution in [-0.2, 0) is 0 Å². The van der Waals surface area contributed by atoms with Crippen LogP contribution in [0.2, 0.25) is 0 Å². The van der Waals surface area contributed by atoms with Crippen molar-refractivity contribution in [2.45, 2.75) is 0 Å². The van der Waals surface area contributed by atoms with E-state index >= 15 is 0 Å².